The number of anilines is 1. The second-order valence-corrected chi connectivity index (χ2v) is 6.57. The highest BCUT2D eigenvalue weighted by molar-refractivity contribution is 6.33. The maximum atomic E-state index is 10.9. The molecule has 3 aliphatic carbocycles. The van der Waals surface area contributed by atoms with E-state index in [1.165, 1.54) is 19.3 Å². The fourth-order valence-electron chi connectivity index (χ4n) is 4.49. The second-order valence-electron chi connectivity index (χ2n) is 6.16. The molecular weight excluding hydrogens is 262 g/mol. The van der Waals surface area contributed by atoms with Gasteiger partial charge in [-0.25, -0.2) is 4.79 Å². The Morgan fingerprint density at radius 3 is 2.53 bits per heavy atom. The summed E-state index contributed by atoms with van der Waals surface area (Å²) in [5.74, 6) is 2.61. The lowest BCUT2D eigenvalue weighted by Crippen LogP contribution is -2.12. The fraction of sp³-hybridized carbons (Fsp3) is 0.533. The molecule has 4 unspecified atom stereocenters. The Kier molecular flexibility index (Phi) is 2.37. The van der Waals surface area contributed by atoms with Crippen molar-refractivity contribution in [3.8, 4) is 0 Å². The summed E-state index contributed by atoms with van der Waals surface area (Å²) in [4.78, 5) is 10.9. The molecule has 0 amide bonds. The standard InChI is InChI=1S/C15H16ClNO2/c16-11-6-9(3-4-10(11)15(18)19)17-14-12-7-1-2-8(5-7)13(12)14/h3-4,6-8,12-14,17H,1-2,5H2,(H,18,19). The zero-order valence-electron chi connectivity index (χ0n) is 10.5. The second kappa shape index (κ2) is 3.89. The molecule has 100 valence electrons. The number of nitrogens with one attached hydrogen (secondary N) is 1. The van der Waals surface area contributed by atoms with Crippen LogP contribution in [0.3, 0.4) is 0 Å². The molecule has 1 aromatic carbocycles. The minimum absolute atomic E-state index is 0.170. The topological polar surface area (TPSA) is 49.3 Å². The van der Waals surface area contributed by atoms with Crippen molar-refractivity contribution in [1.82, 2.24) is 0 Å². The Morgan fingerprint density at radius 2 is 1.95 bits per heavy atom. The smallest absolute Gasteiger partial charge is 0.337 e. The van der Waals surface area contributed by atoms with Crippen LogP contribution in [-0.2, 0) is 0 Å². The minimum Gasteiger partial charge on any atom is -0.478 e. The summed E-state index contributed by atoms with van der Waals surface area (Å²) in [5.41, 5.74) is 1.12. The van der Waals surface area contributed by atoms with Crippen molar-refractivity contribution in [2.24, 2.45) is 23.7 Å². The molecule has 4 rings (SSSR count). The van der Waals surface area contributed by atoms with E-state index in [1.807, 2.05) is 6.07 Å². The SMILES string of the molecule is O=C(O)c1ccc(NC2C3C4CCC(C4)C23)cc1Cl. The van der Waals surface area contributed by atoms with Gasteiger partial charge in [-0.3, -0.25) is 0 Å². The quantitative estimate of drug-likeness (QED) is 0.889. The van der Waals surface area contributed by atoms with E-state index >= 15 is 0 Å². The average molecular weight is 278 g/mol. The highest BCUT2D eigenvalue weighted by Crippen LogP contribution is 2.66. The Hall–Kier alpha value is -1.22. The number of aromatic carboxylic acids is 1. The van der Waals surface area contributed by atoms with E-state index in [0.717, 1.165) is 29.4 Å². The van der Waals surface area contributed by atoms with Crippen LogP contribution in [-0.4, -0.2) is 17.1 Å². The van der Waals surface area contributed by atoms with Gasteiger partial charge in [-0.05, 0) is 61.1 Å². The van der Waals surface area contributed by atoms with E-state index in [4.69, 9.17) is 16.7 Å². The van der Waals surface area contributed by atoms with Crippen LogP contribution >= 0.6 is 11.6 Å². The van der Waals surface area contributed by atoms with E-state index in [1.54, 1.807) is 12.1 Å². The molecule has 0 aliphatic heterocycles. The van der Waals surface area contributed by atoms with Gasteiger partial charge in [-0.2, -0.15) is 0 Å². The van der Waals surface area contributed by atoms with Gasteiger partial charge in [-0.15, -0.1) is 0 Å². The molecule has 3 fully saturated rings. The molecular formula is C15H16ClNO2. The first kappa shape index (κ1) is 11.6. The van der Waals surface area contributed by atoms with E-state index in [-0.39, 0.29) is 5.56 Å². The van der Waals surface area contributed by atoms with Crippen molar-refractivity contribution in [2.75, 3.05) is 5.32 Å². The normalized spacial score (nSPS) is 38.1. The molecule has 0 spiro atoms. The Balaban J connectivity index is 1.50. The number of carbonyl (C=O) groups is 1. The molecule has 4 atom stereocenters. The van der Waals surface area contributed by atoms with Gasteiger partial charge in [0.1, 0.15) is 0 Å². The summed E-state index contributed by atoms with van der Waals surface area (Å²) in [7, 11) is 0. The summed E-state index contributed by atoms with van der Waals surface area (Å²) in [5, 5.41) is 12.8. The molecule has 3 nitrogen and oxygen atoms in total. The average Bonchev–Trinajstić information content (AvgIpc) is 2.78. The lowest BCUT2D eigenvalue weighted by molar-refractivity contribution is 0.0697. The summed E-state index contributed by atoms with van der Waals surface area (Å²) in [6, 6.07) is 5.74. The molecule has 4 heteroatoms. The van der Waals surface area contributed by atoms with Crippen LogP contribution < -0.4 is 5.32 Å². The van der Waals surface area contributed by atoms with Crippen molar-refractivity contribution in [2.45, 2.75) is 25.3 Å². The molecule has 3 saturated carbocycles. The van der Waals surface area contributed by atoms with Crippen LogP contribution in [0, 0.1) is 23.7 Å². The first-order chi connectivity index (χ1) is 9.15. The molecule has 2 N–H and O–H groups in total. The summed E-state index contributed by atoms with van der Waals surface area (Å²) >= 11 is 6.00. The maximum Gasteiger partial charge on any atom is 0.337 e. The van der Waals surface area contributed by atoms with Crippen LogP contribution in [0.25, 0.3) is 0 Å². The monoisotopic (exact) mass is 277 g/mol. The minimum atomic E-state index is -0.974. The molecule has 3 aliphatic rings. The third-order valence-corrected chi connectivity index (χ3v) is 5.58. The molecule has 2 bridgehead atoms. The molecule has 1 aromatic rings. The molecule has 0 heterocycles. The Bertz CT molecular complexity index is 543. The Morgan fingerprint density at radius 1 is 1.26 bits per heavy atom. The fourth-order valence-corrected chi connectivity index (χ4v) is 4.75. The van der Waals surface area contributed by atoms with Crippen LogP contribution in [0.15, 0.2) is 18.2 Å². The van der Waals surface area contributed by atoms with E-state index in [9.17, 15) is 4.79 Å². The highest BCUT2D eigenvalue weighted by Gasteiger charge is 2.64. The van der Waals surface area contributed by atoms with E-state index < -0.39 is 5.97 Å². The van der Waals surface area contributed by atoms with Crippen LogP contribution in [0.1, 0.15) is 29.6 Å². The van der Waals surface area contributed by atoms with Gasteiger partial charge in [-0.1, -0.05) is 11.6 Å². The lowest BCUT2D eigenvalue weighted by Gasteiger charge is -2.12. The number of halogens is 1. The van der Waals surface area contributed by atoms with Crippen molar-refractivity contribution in [1.29, 1.82) is 0 Å². The van der Waals surface area contributed by atoms with Crippen molar-refractivity contribution < 1.29 is 9.90 Å². The Labute approximate surface area is 117 Å². The number of rotatable bonds is 3. The predicted molar refractivity (Wildman–Crippen MR) is 73.6 cm³/mol. The predicted octanol–water partition coefficient (Wildman–Crippen LogP) is 3.49. The summed E-state index contributed by atoms with van der Waals surface area (Å²) in [6.45, 7) is 0. The van der Waals surface area contributed by atoms with Crippen LogP contribution in [0.4, 0.5) is 5.69 Å². The first-order valence-electron chi connectivity index (χ1n) is 6.94. The molecule has 19 heavy (non-hydrogen) atoms. The largest absolute Gasteiger partial charge is 0.478 e. The number of carboxylic acids is 1. The number of hydrogen-bond acceptors (Lipinski definition) is 2. The third kappa shape index (κ3) is 1.68. The highest BCUT2D eigenvalue weighted by atomic mass is 35.5. The number of hydrogen-bond donors (Lipinski definition) is 2. The van der Waals surface area contributed by atoms with Crippen LogP contribution in [0.2, 0.25) is 5.02 Å². The zero-order valence-corrected chi connectivity index (χ0v) is 11.2. The number of fused-ring (bicyclic) bond motifs is 5. The summed E-state index contributed by atoms with van der Waals surface area (Å²) < 4.78 is 0. The van der Waals surface area contributed by atoms with E-state index in [2.05, 4.69) is 5.32 Å². The first-order valence-corrected chi connectivity index (χ1v) is 7.32. The third-order valence-electron chi connectivity index (χ3n) is 5.27. The van der Waals surface area contributed by atoms with Gasteiger partial charge in [0.2, 0.25) is 0 Å². The van der Waals surface area contributed by atoms with Gasteiger partial charge in [0.05, 0.1) is 10.6 Å². The van der Waals surface area contributed by atoms with Gasteiger partial charge >= 0.3 is 5.97 Å². The number of carboxylic acid groups (broad SMARTS) is 1. The van der Waals surface area contributed by atoms with Crippen molar-refractivity contribution >= 4 is 23.3 Å². The van der Waals surface area contributed by atoms with E-state index in [0.29, 0.717) is 11.1 Å². The van der Waals surface area contributed by atoms with Crippen LogP contribution in [0.5, 0.6) is 0 Å². The summed E-state index contributed by atoms with van der Waals surface area (Å²) in [6.07, 6.45) is 4.25. The maximum absolute atomic E-state index is 10.9. The van der Waals surface area contributed by atoms with Gasteiger partial charge < -0.3 is 10.4 Å². The molecule has 0 saturated heterocycles. The molecule has 0 aromatic heterocycles. The van der Waals surface area contributed by atoms with Gasteiger partial charge in [0, 0.05) is 11.7 Å². The molecule has 0 radical (unpaired) electrons. The lowest BCUT2D eigenvalue weighted by atomic mass is 10.0. The van der Waals surface area contributed by atoms with Crippen molar-refractivity contribution in [3.05, 3.63) is 28.8 Å². The van der Waals surface area contributed by atoms with Gasteiger partial charge in [0.25, 0.3) is 0 Å². The number of benzene rings is 1. The van der Waals surface area contributed by atoms with Crippen molar-refractivity contribution in [3.63, 3.8) is 0 Å². The van der Waals surface area contributed by atoms with Gasteiger partial charge in [0.15, 0.2) is 0 Å². The zero-order chi connectivity index (χ0) is 13.1.